The molecule has 3 nitrogen and oxygen atoms in total. The van der Waals surface area contributed by atoms with Gasteiger partial charge >= 0.3 is 0 Å². The molecule has 0 aliphatic rings. The summed E-state index contributed by atoms with van der Waals surface area (Å²) in [4.78, 5) is 4.68. The van der Waals surface area contributed by atoms with Gasteiger partial charge in [-0.05, 0) is 55.3 Å². The van der Waals surface area contributed by atoms with Gasteiger partial charge in [-0.1, -0.05) is 18.2 Å². The summed E-state index contributed by atoms with van der Waals surface area (Å²) in [6, 6.07) is 15.2. The molecule has 3 aromatic rings. The Balaban J connectivity index is 2.04. The molecule has 100 valence electrons. The molecule has 3 rings (SSSR count). The number of hydrogen-bond acceptors (Lipinski definition) is 3. The highest BCUT2D eigenvalue weighted by Crippen LogP contribution is 2.25. The van der Waals surface area contributed by atoms with Gasteiger partial charge in [0.25, 0.3) is 0 Å². The second kappa shape index (κ2) is 4.85. The Bertz CT molecular complexity index is 764. The molecule has 3 heteroatoms. The lowest BCUT2D eigenvalue weighted by Crippen LogP contribution is -1.96. The number of aromatic hydroxyl groups is 1. The van der Waals surface area contributed by atoms with Crippen molar-refractivity contribution in [3.8, 4) is 5.75 Å². The minimum atomic E-state index is 0.258. The zero-order chi connectivity index (χ0) is 14.1. The largest absolute Gasteiger partial charge is 0.508 e. The Morgan fingerprint density at radius 3 is 2.45 bits per heavy atom. The van der Waals surface area contributed by atoms with E-state index in [9.17, 15) is 5.11 Å². The Morgan fingerprint density at radius 2 is 1.70 bits per heavy atom. The Kier molecular flexibility index (Phi) is 3.03. The van der Waals surface area contributed by atoms with Gasteiger partial charge in [0.05, 0.1) is 5.52 Å². The van der Waals surface area contributed by atoms with Gasteiger partial charge in [0.2, 0.25) is 0 Å². The van der Waals surface area contributed by atoms with Crippen LogP contribution in [0.3, 0.4) is 0 Å². The standard InChI is InChI=1S/C17H16N2O/c1-11-4-3-5-15-12(2)10-16(19-17(11)15)18-13-6-8-14(20)9-7-13/h3-10,20H,1-2H3,(H,18,19). The average Bonchev–Trinajstić information content (AvgIpc) is 2.43. The Labute approximate surface area is 117 Å². The maximum absolute atomic E-state index is 9.30. The molecule has 0 amide bonds. The molecular weight excluding hydrogens is 248 g/mol. The first kappa shape index (κ1) is 12.5. The average molecular weight is 264 g/mol. The fourth-order valence-corrected chi connectivity index (χ4v) is 2.32. The van der Waals surface area contributed by atoms with Crippen molar-refractivity contribution in [2.24, 2.45) is 0 Å². The number of rotatable bonds is 2. The third-order valence-corrected chi connectivity index (χ3v) is 3.39. The molecule has 0 saturated carbocycles. The van der Waals surface area contributed by atoms with Crippen LogP contribution in [0.4, 0.5) is 11.5 Å². The lowest BCUT2D eigenvalue weighted by atomic mass is 10.1. The lowest BCUT2D eigenvalue weighted by Gasteiger charge is -2.10. The summed E-state index contributed by atoms with van der Waals surface area (Å²) in [6.45, 7) is 4.16. The molecule has 1 heterocycles. The summed E-state index contributed by atoms with van der Waals surface area (Å²) in [5.74, 6) is 1.07. The van der Waals surface area contributed by atoms with Crippen LogP contribution in [0.25, 0.3) is 10.9 Å². The summed E-state index contributed by atoms with van der Waals surface area (Å²) < 4.78 is 0. The predicted octanol–water partition coefficient (Wildman–Crippen LogP) is 4.30. The lowest BCUT2D eigenvalue weighted by molar-refractivity contribution is 0.475. The molecule has 1 aromatic heterocycles. The molecule has 2 aromatic carbocycles. The number of nitrogens with zero attached hydrogens (tertiary/aromatic N) is 1. The van der Waals surface area contributed by atoms with E-state index >= 15 is 0 Å². The third kappa shape index (κ3) is 2.30. The van der Waals surface area contributed by atoms with E-state index in [0.29, 0.717) is 0 Å². The van der Waals surface area contributed by atoms with E-state index in [4.69, 9.17) is 0 Å². The summed E-state index contributed by atoms with van der Waals surface area (Å²) in [5.41, 5.74) is 4.29. The molecule has 0 saturated heterocycles. The molecule has 20 heavy (non-hydrogen) atoms. The predicted molar refractivity (Wildman–Crippen MR) is 82.6 cm³/mol. The van der Waals surface area contributed by atoms with Crippen molar-refractivity contribution in [3.05, 3.63) is 59.7 Å². The van der Waals surface area contributed by atoms with E-state index in [1.165, 1.54) is 16.5 Å². The first-order valence-corrected chi connectivity index (χ1v) is 6.56. The van der Waals surface area contributed by atoms with Gasteiger partial charge in [-0.15, -0.1) is 0 Å². The van der Waals surface area contributed by atoms with E-state index in [-0.39, 0.29) is 5.75 Å². The Hall–Kier alpha value is -2.55. The first-order valence-electron chi connectivity index (χ1n) is 6.56. The van der Waals surface area contributed by atoms with Crippen LogP contribution in [0, 0.1) is 13.8 Å². The number of nitrogens with one attached hydrogen (secondary N) is 1. The van der Waals surface area contributed by atoms with Gasteiger partial charge in [0, 0.05) is 11.1 Å². The van der Waals surface area contributed by atoms with Crippen LogP contribution < -0.4 is 5.32 Å². The highest BCUT2D eigenvalue weighted by Gasteiger charge is 2.05. The molecule has 2 N–H and O–H groups in total. The summed E-state index contributed by atoms with van der Waals surface area (Å²) in [7, 11) is 0. The topological polar surface area (TPSA) is 45.1 Å². The number of phenols is 1. The third-order valence-electron chi connectivity index (χ3n) is 3.39. The molecule has 0 bridgehead atoms. The molecule has 0 radical (unpaired) electrons. The van der Waals surface area contributed by atoms with Gasteiger partial charge in [-0.25, -0.2) is 4.98 Å². The van der Waals surface area contributed by atoms with E-state index < -0.39 is 0 Å². The van der Waals surface area contributed by atoms with Gasteiger partial charge in [0.15, 0.2) is 0 Å². The molecule has 0 aliphatic heterocycles. The summed E-state index contributed by atoms with van der Waals surface area (Å²) in [6.07, 6.45) is 0. The van der Waals surface area contributed by atoms with Gasteiger partial charge < -0.3 is 10.4 Å². The van der Waals surface area contributed by atoms with Crippen molar-refractivity contribution in [3.63, 3.8) is 0 Å². The number of pyridine rings is 1. The van der Waals surface area contributed by atoms with Crippen molar-refractivity contribution in [2.75, 3.05) is 5.32 Å². The second-order valence-electron chi connectivity index (χ2n) is 4.97. The number of benzene rings is 2. The zero-order valence-corrected chi connectivity index (χ0v) is 11.5. The van der Waals surface area contributed by atoms with E-state index in [0.717, 1.165) is 17.0 Å². The van der Waals surface area contributed by atoms with Crippen molar-refractivity contribution < 1.29 is 5.11 Å². The maximum Gasteiger partial charge on any atom is 0.131 e. The van der Waals surface area contributed by atoms with Crippen molar-refractivity contribution >= 4 is 22.4 Å². The van der Waals surface area contributed by atoms with Crippen molar-refractivity contribution in [1.29, 1.82) is 0 Å². The highest BCUT2D eigenvalue weighted by atomic mass is 16.3. The molecule has 0 spiro atoms. The molecule has 0 fully saturated rings. The number of fused-ring (bicyclic) bond motifs is 1. The molecular formula is C17H16N2O. The van der Waals surface area contributed by atoms with Crippen LogP contribution in [0.15, 0.2) is 48.5 Å². The number of anilines is 2. The fourth-order valence-electron chi connectivity index (χ4n) is 2.32. The molecule has 0 aliphatic carbocycles. The minimum absolute atomic E-state index is 0.258. The number of aryl methyl sites for hydroxylation is 2. The van der Waals surface area contributed by atoms with Gasteiger partial charge in [-0.3, -0.25) is 0 Å². The molecule has 0 unspecified atom stereocenters. The quantitative estimate of drug-likeness (QED) is 0.678. The van der Waals surface area contributed by atoms with Gasteiger partial charge in [-0.2, -0.15) is 0 Å². The SMILES string of the molecule is Cc1cc(Nc2ccc(O)cc2)nc2c(C)cccc12. The van der Waals surface area contributed by atoms with Crippen LogP contribution in [0.5, 0.6) is 5.75 Å². The van der Waals surface area contributed by atoms with E-state index in [1.807, 2.05) is 18.2 Å². The van der Waals surface area contributed by atoms with Crippen LogP contribution in [0.1, 0.15) is 11.1 Å². The zero-order valence-electron chi connectivity index (χ0n) is 11.5. The van der Waals surface area contributed by atoms with Crippen LogP contribution in [0.2, 0.25) is 0 Å². The number of hydrogen-bond donors (Lipinski definition) is 2. The van der Waals surface area contributed by atoms with E-state index in [2.05, 4.69) is 42.3 Å². The number of phenolic OH excluding ortho intramolecular Hbond substituents is 1. The maximum atomic E-state index is 9.30. The second-order valence-corrected chi connectivity index (χ2v) is 4.97. The number of para-hydroxylation sites is 1. The number of aromatic nitrogens is 1. The normalized spacial score (nSPS) is 10.7. The van der Waals surface area contributed by atoms with Crippen LogP contribution in [-0.4, -0.2) is 10.1 Å². The van der Waals surface area contributed by atoms with Gasteiger partial charge in [0.1, 0.15) is 11.6 Å². The Morgan fingerprint density at radius 1 is 0.950 bits per heavy atom. The van der Waals surface area contributed by atoms with Crippen molar-refractivity contribution in [1.82, 2.24) is 4.98 Å². The fraction of sp³-hybridized carbons (Fsp3) is 0.118. The van der Waals surface area contributed by atoms with Crippen molar-refractivity contribution in [2.45, 2.75) is 13.8 Å². The first-order chi connectivity index (χ1) is 9.63. The highest BCUT2D eigenvalue weighted by molar-refractivity contribution is 5.86. The van der Waals surface area contributed by atoms with Crippen LogP contribution >= 0.6 is 0 Å². The smallest absolute Gasteiger partial charge is 0.131 e. The van der Waals surface area contributed by atoms with E-state index in [1.54, 1.807) is 12.1 Å². The minimum Gasteiger partial charge on any atom is -0.508 e. The molecule has 0 atom stereocenters. The van der Waals surface area contributed by atoms with Crippen LogP contribution in [-0.2, 0) is 0 Å². The summed E-state index contributed by atoms with van der Waals surface area (Å²) >= 11 is 0. The monoisotopic (exact) mass is 264 g/mol. The summed E-state index contributed by atoms with van der Waals surface area (Å²) in [5, 5.41) is 13.8.